The Labute approximate surface area is 112 Å². The zero-order chi connectivity index (χ0) is 11.7. The molecule has 0 aliphatic rings. The number of pyridine rings is 1. The fourth-order valence-electron chi connectivity index (χ4n) is 1.12. The minimum Gasteiger partial charge on any atom is -0.492 e. The van der Waals surface area contributed by atoms with Crippen molar-refractivity contribution in [2.24, 2.45) is 0 Å². The first-order chi connectivity index (χ1) is 7.58. The van der Waals surface area contributed by atoms with Gasteiger partial charge >= 0.3 is 0 Å². The molecule has 0 aliphatic heterocycles. The molecule has 0 aromatic carbocycles. The molecule has 16 heavy (non-hydrogen) atoms. The number of aromatic hydroxyl groups is 1. The maximum atomic E-state index is 11.4. The first-order valence-corrected chi connectivity index (χ1v) is 6.05. The summed E-state index contributed by atoms with van der Waals surface area (Å²) in [6.07, 6.45) is 3.17. The van der Waals surface area contributed by atoms with Gasteiger partial charge in [-0.3, -0.25) is 9.78 Å². The van der Waals surface area contributed by atoms with Crippen LogP contribution in [0.1, 0.15) is 0 Å². The third-order valence-electron chi connectivity index (χ3n) is 1.82. The third-order valence-corrected chi connectivity index (χ3v) is 3.23. The molecule has 2 heterocycles. The first-order valence-electron chi connectivity index (χ1n) is 4.17. The Morgan fingerprint density at radius 2 is 2.19 bits per heavy atom. The van der Waals surface area contributed by atoms with E-state index in [4.69, 9.17) is 0 Å². The van der Waals surface area contributed by atoms with Crippen molar-refractivity contribution in [3.63, 3.8) is 0 Å². The number of rotatable bonds is 1. The van der Waals surface area contributed by atoms with E-state index in [9.17, 15) is 9.90 Å². The highest BCUT2D eigenvalue weighted by Crippen LogP contribution is 2.20. The van der Waals surface area contributed by atoms with Gasteiger partial charge in [0, 0.05) is 22.4 Å². The second kappa shape index (κ2) is 4.50. The van der Waals surface area contributed by atoms with Crippen LogP contribution in [0.5, 0.6) is 5.88 Å². The number of nitrogens with one attached hydrogen (secondary N) is 1. The van der Waals surface area contributed by atoms with Crippen LogP contribution in [0.4, 0.5) is 0 Å². The topological polar surface area (TPSA) is 78.9 Å². The summed E-state index contributed by atoms with van der Waals surface area (Å²) in [7, 11) is 0. The Morgan fingerprint density at radius 1 is 1.44 bits per heavy atom. The minimum absolute atomic E-state index is 0.171. The van der Waals surface area contributed by atoms with Gasteiger partial charge in [-0.15, -0.1) is 0 Å². The van der Waals surface area contributed by atoms with E-state index in [0.29, 0.717) is 5.56 Å². The molecular formula is C9H5BrIN3O2. The highest BCUT2D eigenvalue weighted by Gasteiger charge is 2.09. The minimum atomic E-state index is -0.372. The molecule has 2 aromatic rings. The van der Waals surface area contributed by atoms with Gasteiger partial charge in [-0.05, 0) is 44.6 Å². The van der Waals surface area contributed by atoms with Crippen molar-refractivity contribution < 1.29 is 5.11 Å². The Bertz CT molecular complexity index is 600. The van der Waals surface area contributed by atoms with E-state index in [-0.39, 0.29) is 20.8 Å². The van der Waals surface area contributed by atoms with Crippen LogP contribution in [0, 0.1) is 3.57 Å². The van der Waals surface area contributed by atoms with E-state index in [2.05, 4.69) is 30.9 Å². The van der Waals surface area contributed by atoms with Crippen LogP contribution in [0.2, 0.25) is 0 Å². The molecule has 82 valence electrons. The molecule has 0 unspecified atom stereocenters. The second-order valence-corrected chi connectivity index (χ2v) is 4.94. The van der Waals surface area contributed by atoms with Crippen molar-refractivity contribution in [1.29, 1.82) is 0 Å². The largest absolute Gasteiger partial charge is 0.492 e. The summed E-state index contributed by atoms with van der Waals surface area (Å²) in [4.78, 5) is 21.8. The van der Waals surface area contributed by atoms with Crippen molar-refractivity contribution >= 4 is 38.5 Å². The lowest BCUT2D eigenvalue weighted by molar-refractivity contribution is 0.447. The quantitative estimate of drug-likeness (QED) is 0.725. The van der Waals surface area contributed by atoms with Crippen LogP contribution in [0.25, 0.3) is 11.4 Å². The molecule has 2 aromatic heterocycles. The average Bonchev–Trinajstić information content (AvgIpc) is 2.25. The molecule has 5 nitrogen and oxygen atoms in total. The predicted octanol–water partition coefficient (Wildman–Crippen LogP) is 1.90. The molecule has 0 saturated heterocycles. The van der Waals surface area contributed by atoms with Crippen LogP contribution in [-0.2, 0) is 0 Å². The van der Waals surface area contributed by atoms with Crippen LogP contribution in [0.3, 0.4) is 0 Å². The molecule has 7 heteroatoms. The van der Waals surface area contributed by atoms with Crippen molar-refractivity contribution in [1.82, 2.24) is 15.0 Å². The number of aromatic nitrogens is 3. The van der Waals surface area contributed by atoms with E-state index in [0.717, 1.165) is 4.47 Å². The Hall–Kier alpha value is -0.960. The zero-order valence-corrected chi connectivity index (χ0v) is 11.5. The molecular weight excluding hydrogens is 389 g/mol. The average molecular weight is 394 g/mol. The van der Waals surface area contributed by atoms with E-state index in [1.165, 1.54) is 0 Å². The monoisotopic (exact) mass is 393 g/mol. The number of aromatic amines is 1. The molecule has 0 radical (unpaired) electrons. The van der Waals surface area contributed by atoms with Gasteiger partial charge in [0.25, 0.3) is 5.56 Å². The molecule has 0 aliphatic carbocycles. The van der Waals surface area contributed by atoms with Crippen molar-refractivity contribution in [2.45, 2.75) is 0 Å². The maximum Gasteiger partial charge on any atom is 0.268 e. The Morgan fingerprint density at radius 3 is 2.81 bits per heavy atom. The number of hydrogen-bond donors (Lipinski definition) is 2. The lowest BCUT2D eigenvalue weighted by Crippen LogP contribution is -2.12. The summed E-state index contributed by atoms with van der Waals surface area (Å²) >= 11 is 5.00. The molecule has 0 atom stereocenters. The summed E-state index contributed by atoms with van der Waals surface area (Å²) in [6.45, 7) is 0. The zero-order valence-electron chi connectivity index (χ0n) is 7.74. The van der Waals surface area contributed by atoms with Crippen LogP contribution < -0.4 is 5.56 Å². The normalized spacial score (nSPS) is 10.4. The van der Waals surface area contributed by atoms with Gasteiger partial charge in [0.15, 0.2) is 0 Å². The van der Waals surface area contributed by atoms with E-state index in [1.54, 1.807) is 41.1 Å². The summed E-state index contributed by atoms with van der Waals surface area (Å²) in [5.74, 6) is 0.0102. The summed E-state index contributed by atoms with van der Waals surface area (Å²) in [6, 6.07) is 1.75. The molecule has 0 saturated carbocycles. The lowest BCUT2D eigenvalue weighted by Gasteiger charge is -2.02. The number of hydrogen-bond acceptors (Lipinski definition) is 4. The summed E-state index contributed by atoms with van der Waals surface area (Å²) in [5.41, 5.74) is 0.251. The fourth-order valence-corrected chi connectivity index (χ4v) is 1.75. The van der Waals surface area contributed by atoms with Gasteiger partial charge in [-0.1, -0.05) is 0 Å². The first kappa shape index (κ1) is 11.5. The van der Waals surface area contributed by atoms with Crippen LogP contribution in [0.15, 0.2) is 27.7 Å². The molecule has 0 bridgehead atoms. The van der Waals surface area contributed by atoms with Gasteiger partial charge in [0.2, 0.25) is 5.88 Å². The molecule has 0 amide bonds. The number of nitrogens with zero attached hydrogens (tertiary/aromatic N) is 2. The predicted molar refractivity (Wildman–Crippen MR) is 70.2 cm³/mol. The fraction of sp³-hybridized carbons (Fsp3) is 0. The van der Waals surface area contributed by atoms with Gasteiger partial charge in [0.05, 0.1) is 0 Å². The van der Waals surface area contributed by atoms with Crippen molar-refractivity contribution in [3.05, 3.63) is 36.9 Å². The number of H-pyrrole nitrogens is 1. The van der Waals surface area contributed by atoms with Crippen molar-refractivity contribution in [2.75, 3.05) is 0 Å². The molecule has 2 N–H and O–H groups in total. The Kier molecular flexibility index (Phi) is 3.24. The SMILES string of the molecule is O=c1[nH]c(-c2cncc(Br)c2)nc(O)c1I. The van der Waals surface area contributed by atoms with Crippen LogP contribution in [-0.4, -0.2) is 20.1 Å². The van der Waals surface area contributed by atoms with E-state index < -0.39 is 0 Å². The highest BCUT2D eigenvalue weighted by molar-refractivity contribution is 14.1. The molecule has 0 fully saturated rings. The van der Waals surface area contributed by atoms with Crippen molar-refractivity contribution in [3.8, 4) is 17.3 Å². The van der Waals surface area contributed by atoms with Crippen LogP contribution >= 0.6 is 38.5 Å². The molecule has 0 spiro atoms. The molecule has 2 rings (SSSR count). The van der Waals surface area contributed by atoms with E-state index in [1.807, 2.05) is 0 Å². The van der Waals surface area contributed by atoms with E-state index >= 15 is 0 Å². The smallest absolute Gasteiger partial charge is 0.268 e. The second-order valence-electron chi connectivity index (χ2n) is 2.94. The van der Waals surface area contributed by atoms with Gasteiger partial charge in [0.1, 0.15) is 9.39 Å². The lowest BCUT2D eigenvalue weighted by atomic mass is 10.3. The number of halogens is 2. The highest BCUT2D eigenvalue weighted by atomic mass is 127. The standard InChI is InChI=1S/C9H5BrIN3O2/c10-5-1-4(2-12-3-5)7-13-8(15)6(11)9(16)14-7/h1-3H,(H2,13,14,15,16). The van der Waals surface area contributed by atoms with Gasteiger partial charge in [-0.25, -0.2) is 0 Å². The Balaban J connectivity index is 2.61. The van der Waals surface area contributed by atoms with Gasteiger partial charge in [-0.2, -0.15) is 4.98 Å². The van der Waals surface area contributed by atoms with Gasteiger partial charge < -0.3 is 10.1 Å². The summed E-state index contributed by atoms with van der Waals surface area (Å²) < 4.78 is 0.940. The third kappa shape index (κ3) is 2.24. The summed E-state index contributed by atoms with van der Waals surface area (Å²) in [5, 5.41) is 9.44. The maximum absolute atomic E-state index is 11.4.